The van der Waals surface area contributed by atoms with Crippen molar-refractivity contribution in [2.75, 3.05) is 18.4 Å². The Bertz CT molecular complexity index is 498. The van der Waals surface area contributed by atoms with E-state index in [0.29, 0.717) is 0 Å². The first-order chi connectivity index (χ1) is 8.98. The van der Waals surface area contributed by atoms with Crippen LogP contribution in [-0.2, 0) is 4.79 Å². The first-order valence-corrected chi connectivity index (χ1v) is 6.79. The molecule has 0 radical (unpaired) electrons. The van der Waals surface area contributed by atoms with E-state index >= 15 is 0 Å². The Labute approximate surface area is 115 Å². The maximum Gasteiger partial charge on any atom is 0.229 e. The van der Waals surface area contributed by atoms with Crippen molar-refractivity contribution in [1.29, 1.82) is 0 Å². The molecule has 0 saturated heterocycles. The third kappa shape index (κ3) is 3.44. The summed E-state index contributed by atoms with van der Waals surface area (Å²) < 4.78 is 0. The van der Waals surface area contributed by atoms with Gasteiger partial charge in [0.15, 0.2) is 0 Å². The van der Waals surface area contributed by atoms with Crippen molar-refractivity contribution in [1.82, 2.24) is 5.32 Å². The fourth-order valence-electron chi connectivity index (χ4n) is 2.05. The van der Waals surface area contributed by atoms with Gasteiger partial charge in [0.1, 0.15) is 0 Å². The van der Waals surface area contributed by atoms with Crippen molar-refractivity contribution in [3.63, 3.8) is 0 Å². The van der Waals surface area contributed by atoms with Gasteiger partial charge in [-0.3, -0.25) is 4.79 Å². The Morgan fingerprint density at radius 3 is 2.63 bits per heavy atom. The average molecular weight is 258 g/mol. The van der Waals surface area contributed by atoms with Crippen LogP contribution in [0.15, 0.2) is 30.3 Å². The van der Waals surface area contributed by atoms with E-state index < -0.39 is 0 Å². The first kappa shape index (κ1) is 13.8. The quantitative estimate of drug-likeness (QED) is 0.856. The maximum absolute atomic E-state index is 12.1. The van der Waals surface area contributed by atoms with Crippen LogP contribution in [0.5, 0.6) is 0 Å². The van der Waals surface area contributed by atoms with Gasteiger partial charge in [0.05, 0.1) is 0 Å². The molecule has 0 spiro atoms. The van der Waals surface area contributed by atoms with Gasteiger partial charge < -0.3 is 10.6 Å². The van der Waals surface area contributed by atoms with E-state index in [1.54, 1.807) is 0 Å². The molecule has 1 aromatic rings. The van der Waals surface area contributed by atoms with Crippen LogP contribution in [0, 0.1) is 5.41 Å². The minimum atomic E-state index is -0.379. The smallest absolute Gasteiger partial charge is 0.229 e. The van der Waals surface area contributed by atoms with Crippen molar-refractivity contribution >= 4 is 17.2 Å². The number of anilines is 1. The normalized spacial score (nSPS) is 15.8. The predicted octanol–water partition coefficient (Wildman–Crippen LogP) is 3.05. The van der Waals surface area contributed by atoms with E-state index in [2.05, 4.69) is 22.8 Å². The van der Waals surface area contributed by atoms with Crippen molar-refractivity contribution in [3.8, 4) is 0 Å². The number of amides is 1. The van der Waals surface area contributed by atoms with Gasteiger partial charge in [-0.15, -0.1) is 0 Å². The van der Waals surface area contributed by atoms with Crippen LogP contribution in [0.2, 0.25) is 0 Å². The van der Waals surface area contributed by atoms with E-state index in [9.17, 15) is 4.79 Å². The number of nitrogens with one attached hydrogen (secondary N) is 2. The minimum absolute atomic E-state index is 0.0504. The average Bonchev–Trinajstić information content (AvgIpc) is 2.39. The Morgan fingerprint density at radius 2 is 2.00 bits per heavy atom. The summed E-state index contributed by atoms with van der Waals surface area (Å²) in [6.07, 6.45) is 3.20. The maximum atomic E-state index is 12.1. The summed E-state index contributed by atoms with van der Waals surface area (Å²) >= 11 is 0. The number of para-hydroxylation sites is 1. The topological polar surface area (TPSA) is 41.1 Å². The molecule has 102 valence electrons. The van der Waals surface area contributed by atoms with Crippen molar-refractivity contribution in [3.05, 3.63) is 35.9 Å². The van der Waals surface area contributed by atoms with Gasteiger partial charge in [-0.25, -0.2) is 0 Å². The van der Waals surface area contributed by atoms with Gasteiger partial charge >= 0.3 is 0 Å². The number of hydrogen-bond donors (Lipinski definition) is 2. The zero-order chi connectivity index (χ0) is 13.9. The van der Waals surface area contributed by atoms with Gasteiger partial charge in [-0.1, -0.05) is 45.0 Å². The molecule has 0 atom stereocenters. The van der Waals surface area contributed by atoms with Gasteiger partial charge in [0.25, 0.3) is 0 Å². The molecule has 0 saturated carbocycles. The fraction of sp³-hybridized carbons (Fsp3) is 0.438. The largest absolute Gasteiger partial charge is 0.325 e. The van der Waals surface area contributed by atoms with Crippen LogP contribution in [0.1, 0.15) is 32.8 Å². The summed E-state index contributed by atoms with van der Waals surface area (Å²) in [5.41, 5.74) is 2.98. The van der Waals surface area contributed by atoms with E-state index in [1.165, 1.54) is 5.57 Å². The molecule has 3 heteroatoms. The zero-order valence-corrected chi connectivity index (χ0v) is 11.9. The Balaban J connectivity index is 2.26. The van der Waals surface area contributed by atoms with Gasteiger partial charge in [-0.2, -0.15) is 0 Å². The lowest BCUT2D eigenvalue weighted by molar-refractivity contribution is -0.123. The van der Waals surface area contributed by atoms with Gasteiger partial charge in [-0.05, 0) is 24.6 Å². The summed E-state index contributed by atoms with van der Waals surface area (Å²) in [7, 11) is 0. The molecular formula is C16H22N2O. The van der Waals surface area contributed by atoms with Crippen LogP contribution in [0.4, 0.5) is 5.69 Å². The molecular weight excluding hydrogens is 236 g/mol. The van der Waals surface area contributed by atoms with Gasteiger partial charge in [0, 0.05) is 23.2 Å². The highest BCUT2D eigenvalue weighted by molar-refractivity contribution is 5.97. The molecule has 2 rings (SSSR count). The molecule has 1 aliphatic heterocycles. The number of carbonyl (C=O) groups excluding carboxylic acids is 1. The second-order valence-electron chi connectivity index (χ2n) is 5.93. The predicted molar refractivity (Wildman–Crippen MR) is 80.0 cm³/mol. The SMILES string of the molecule is CC(C)(C)C(=O)Nc1ccccc1C1=CCNCC1. The Hall–Kier alpha value is -1.61. The lowest BCUT2D eigenvalue weighted by atomic mass is 9.94. The number of benzene rings is 1. The van der Waals surface area contributed by atoms with E-state index in [4.69, 9.17) is 0 Å². The molecule has 3 nitrogen and oxygen atoms in total. The lowest BCUT2D eigenvalue weighted by Gasteiger charge is -2.21. The summed E-state index contributed by atoms with van der Waals surface area (Å²) in [4.78, 5) is 12.1. The number of hydrogen-bond acceptors (Lipinski definition) is 2. The standard InChI is InChI=1S/C16H22N2O/c1-16(2,3)15(19)18-14-7-5-4-6-13(14)12-8-10-17-11-9-12/h4-8,17H,9-11H2,1-3H3,(H,18,19). The Morgan fingerprint density at radius 1 is 1.26 bits per heavy atom. The third-order valence-corrected chi connectivity index (χ3v) is 3.27. The molecule has 0 fully saturated rings. The van der Waals surface area contributed by atoms with Crippen LogP contribution >= 0.6 is 0 Å². The summed E-state index contributed by atoms with van der Waals surface area (Å²) in [6, 6.07) is 8.03. The molecule has 0 aromatic heterocycles. The van der Waals surface area contributed by atoms with Crippen molar-refractivity contribution in [2.45, 2.75) is 27.2 Å². The molecule has 0 unspecified atom stereocenters. The summed E-state index contributed by atoms with van der Waals surface area (Å²) in [5, 5.41) is 6.35. The van der Waals surface area contributed by atoms with Crippen LogP contribution in [-0.4, -0.2) is 19.0 Å². The van der Waals surface area contributed by atoms with E-state index in [-0.39, 0.29) is 11.3 Å². The summed E-state index contributed by atoms with van der Waals surface area (Å²) in [5.74, 6) is 0.0504. The number of carbonyl (C=O) groups is 1. The van der Waals surface area contributed by atoms with Crippen LogP contribution in [0.25, 0.3) is 5.57 Å². The van der Waals surface area contributed by atoms with Crippen LogP contribution < -0.4 is 10.6 Å². The fourth-order valence-corrected chi connectivity index (χ4v) is 2.05. The van der Waals surface area contributed by atoms with Crippen molar-refractivity contribution in [2.24, 2.45) is 5.41 Å². The number of rotatable bonds is 2. The lowest BCUT2D eigenvalue weighted by Crippen LogP contribution is -2.28. The van der Waals surface area contributed by atoms with E-state index in [0.717, 1.165) is 30.8 Å². The molecule has 0 aliphatic carbocycles. The molecule has 1 aliphatic rings. The molecule has 19 heavy (non-hydrogen) atoms. The second kappa shape index (κ2) is 5.57. The van der Waals surface area contributed by atoms with E-state index in [1.807, 2.05) is 39.0 Å². The Kier molecular flexibility index (Phi) is 4.05. The minimum Gasteiger partial charge on any atom is -0.325 e. The molecule has 2 N–H and O–H groups in total. The van der Waals surface area contributed by atoms with Crippen molar-refractivity contribution < 1.29 is 4.79 Å². The monoisotopic (exact) mass is 258 g/mol. The molecule has 1 amide bonds. The third-order valence-electron chi connectivity index (χ3n) is 3.27. The van der Waals surface area contributed by atoms with Crippen LogP contribution in [0.3, 0.4) is 0 Å². The molecule has 0 bridgehead atoms. The summed E-state index contributed by atoms with van der Waals surface area (Å²) in [6.45, 7) is 7.67. The highest BCUT2D eigenvalue weighted by atomic mass is 16.2. The highest BCUT2D eigenvalue weighted by Crippen LogP contribution is 2.28. The first-order valence-electron chi connectivity index (χ1n) is 6.79. The molecule has 1 heterocycles. The highest BCUT2D eigenvalue weighted by Gasteiger charge is 2.22. The molecule has 1 aromatic carbocycles. The zero-order valence-electron chi connectivity index (χ0n) is 11.9. The van der Waals surface area contributed by atoms with Gasteiger partial charge in [0.2, 0.25) is 5.91 Å². The second-order valence-corrected chi connectivity index (χ2v) is 5.93.